The van der Waals surface area contributed by atoms with E-state index in [0.29, 0.717) is 17.8 Å². The number of likely N-dealkylation sites (N-methyl/N-ethyl adjacent to an activating group) is 1. The monoisotopic (exact) mass is 335 g/mol. The summed E-state index contributed by atoms with van der Waals surface area (Å²) in [5.41, 5.74) is 0.695. The number of para-hydroxylation sites is 1. The second kappa shape index (κ2) is 10.4. The summed E-state index contributed by atoms with van der Waals surface area (Å²) in [6.07, 6.45) is 0.862. The second-order valence-electron chi connectivity index (χ2n) is 5.34. The van der Waals surface area contributed by atoms with Crippen molar-refractivity contribution in [3.8, 4) is 0 Å². The number of amides is 2. The van der Waals surface area contributed by atoms with Crippen LogP contribution in [0, 0.1) is 0 Å². The molecule has 7 heteroatoms. The minimum Gasteiger partial charge on any atom is -0.462 e. The van der Waals surface area contributed by atoms with Gasteiger partial charge >= 0.3 is 5.97 Å². The van der Waals surface area contributed by atoms with Crippen molar-refractivity contribution in [2.45, 2.75) is 20.3 Å². The van der Waals surface area contributed by atoms with E-state index in [1.54, 1.807) is 43.1 Å². The Morgan fingerprint density at radius 3 is 2.42 bits per heavy atom. The zero-order valence-electron chi connectivity index (χ0n) is 14.4. The van der Waals surface area contributed by atoms with Crippen molar-refractivity contribution in [1.29, 1.82) is 0 Å². The van der Waals surface area contributed by atoms with Gasteiger partial charge in [0, 0.05) is 6.54 Å². The van der Waals surface area contributed by atoms with Crippen LogP contribution in [0.2, 0.25) is 0 Å². The smallest absolute Gasteiger partial charge is 0.340 e. The zero-order chi connectivity index (χ0) is 17.9. The maximum absolute atomic E-state index is 12.1. The highest BCUT2D eigenvalue weighted by Gasteiger charge is 2.15. The van der Waals surface area contributed by atoms with Gasteiger partial charge in [-0.2, -0.15) is 0 Å². The summed E-state index contributed by atoms with van der Waals surface area (Å²) in [7, 11) is 1.68. The first-order valence-electron chi connectivity index (χ1n) is 7.99. The molecule has 0 aliphatic carbocycles. The number of ether oxygens (including phenoxy) is 1. The van der Waals surface area contributed by atoms with Crippen molar-refractivity contribution in [2.75, 3.05) is 38.6 Å². The topological polar surface area (TPSA) is 87.7 Å². The summed E-state index contributed by atoms with van der Waals surface area (Å²) >= 11 is 0. The van der Waals surface area contributed by atoms with E-state index in [0.717, 1.165) is 6.42 Å². The Morgan fingerprint density at radius 1 is 1.08 bits per heavy atom. The van der Waals surface area contributed by atoms with Gasteiger partial charge in [0.05, 0.1) is 30.9 Å². The van der Waals surface area contributed by atoms with Gasteiger partial charge in [0.2, 0.25) is 11.8 Å². The van der Waals surface area contributed by atoms with E-state index < -0.39 is 5.97 Å². The number of carbonyl (C=O) groups is 3. The van der Waals surface area contributed by atoms with Crippen LogP contribution in [0.15, 0.2) is 24.3 Å². The SMILES string of the molecule is CCCNC(=O)CN(C)CC(=O)Nc1ccccc1C(=O)OCC. The number of hydrogen-bond acceptors (Lipinski definition) is 5. The first-order valence-corrected chi connectivity index (χ1v) is 7.99. The molecule has 2 amide bonds. The van der Waals surface area contributed by atoms with Crippen molar-refractivity contribution >= 4 is 23.5 Å². The van der Waals surface area contributed by atoms with E-state index in [9.17, 15) is 14.4 Å². The van der Waals surface area contributed by atoms with Crippen molar-refractivity contribution < 1.29 is 19.1 Å². The number of nitrogens with zero attached hydrogens (tertiary/aromatic N) is 1. The molecule has 0 fully saturated rings. The van der Waals surface area contributed by atoms with Crippen LogP contribution in [-0.2, 0) is 14.3 Å². The van der Waals surface area contributed by atoms with E-state index in [-0.39, 0.29) is 31.5 Å². The van der Waals surface area contributed by atoms with Crippen molar-refractivity contribution in [1.82, 2.24) is 10.2 Å². The van der Waals surface area contributed by atoms with Crippen LogP contribution in [-0.4, -0.2) is 56.0 Å². The molecule has 0 heterocycles. The Hall–Kier alpha value is -2.41. The fraction of sp³-hybridized carbons (Fsp3) is 0.471. The molecular formula is C17H25N3O4. The molecule has 0 saturated heterocycles. The molecule has 0 aliphatic rings. The predicted octanol–water partition coefficient (Wildman–Crippen LogP) is 1.26. The van der Waals surface area contributed by atoms with E-state index in [1.165, 1.54) is 0 Å². The third-order valence-corrected chi connectivity index (χ3v) is 3.10. The minimum atomic E-state index is -0.485. The molecule has 0 saturated carbocycles. The fourth-order valence-corrected chi connectivity index (χ4v) is 2.04. The number of nitrogens with one attached hydrogen (secondary N) is 2. The highest BCUT2D eigenvalue weighted by Crippen LogP contribution is 2.16. The van der Waals surface area contributed by atoms with Gasteiger partial charge in [0.1, 0.15) is 0 Å². The van der Waals surface area contributed by atoms with Gasteiger partial charge in [-0.05, 0) is 32.5 Å². The molecule has 7 nitrogen and oxygen atoms in total. The Labute approximate surface area is 142 Å². The van der Waals surface area contributed by atoms with Crippen LogP contribution < -0.4 is 10.6 Å². The van der Waals surface area contributed by atoms with Crippen LogP contribution in [0.1, 0.15) is 30.6 Å². The van der Waals surface area contributed by atoms with E-state index >= 15 is 0 Å². The Morgan fingerprint density at radius 2 is 1.75 bits per heavy atom. The molecule has 0 bridgehead atoms. The molecule has 2 N–H and O–H groups in total. The van der Waals surface area contributed by atoms with Gasteiger partial charge in [0.15, 0.2) is 0 Å². The Balaban J connectivity index is 2.59. The quantitative estimate of drug-likeness (QED) is 0.663. The van der Waals surface area contributed by atoms with Gasteiger partial charge in [-0.1, -0.05) is 19.1 Å². The maximum atomic E-state index is 12.1. The number of benzene rings is 1. The molecule has 0 unspecified atom stereocenters. The molecule has 1 rings (SSSR count). The highest BCUT2D eigenvalue weighted by molar-refractivity contribution is 6.01. The van der Waals surface area contributed by atoms with E-state index in [2.05, 4.69) is 10.6 Å². The molecule has 1 aromatic carbocycles. The number of esters is 1. The number of carbonyl (C=O) groups excluding carboxylic acids is 3. The van der Waals surface area contributed by atoms with Crippen molar-refractivity contribution in [3.05, 3.63) is 29.8 Å². The maximum Gasteiger partial charge on any atom is 0.340 e. The lowest BCUT2D eigenvalue weighted by Crippen LogP contribution is -2.39. The molecule has 0 spiro atoms. The van der Waals surface area contributed by atoms with Gasteiger partial charge in [-0.25, -0.2) is 4.79 Å². The average Bonchev–Trinajstić information content (AvgIpc) is 2.53. The van der Waals surface area contributed by atoms with E-state index in [1.807, 2.05) is 6.92 Å². The largest absolute Gasteiger partial charge is 0.462 e. The van der Waals surface area contributed by atoms with Gasteiger partial charge < -0.3 is 15.4 Å². The van der Waals surface area contributed by atoms with Gasteiger partial charge in [-0.15, -0.1) is 0 Å². The lowest BCUT2D eigenvalue weighted by atomic mass is 10.2. The summed E-state index contributed by atoms with van der Waals surface area (Å²) < 4.78 is 4.97. The standard InChI is InChI=1S/C17H25N3O4/c1-4-10-18-15(21)11-20(3)12-16(22)19-14-9-7-6-8-13(14)17(23)24-5-2/h6-9H,4-5,10-12H2,1-3H3,(H,18,21)(H,19,22). The summed E-state index contributed by atoms with van der Waals surface area (Å²) in [5, 5.41) is 5.43. The van der Waals surface area contributed by atoms with Gasteiger partial charge in [-0.3, -0.25) is 14.5 Å². The molecule has 0 aliphatic heterocycles. The second-order valence-corrected chi connectivity index (χ2v) is 5.34. The number of hydrogen-bond donors (Lipinski definition) is 2. The van der Waals surface area contributed by atoms with Crippen molar-refractivity contribution in [2.24, 2.45) is 0 Å². The number of anilines is 1. The number of rotatable bonds is 9. The third-order valence-electron chi connectivity index (χ3n) is 3.10. The van der Waals surface area contributed by atoms with Gasteiger partial charge in [0.25, 0.3) is 0 Å². The Kier molecular flexibility index (Phi) is 8.49. The predicted molar refractivity (Wildman–Crippen MR) is 91.8 cm³/mol. The average molecular weight is 335 g/mol. The lowest BCUT2D eigenvalue weighted by molar-refractivity contribution is -0.122. The first-order chi connectivity index (χ1) is 11.5. The van der Waals surface area contributed by atoms with Crippen LogP contribution in [0.3, 0.4) is 0 Å². The highest BCUT2D eigenvalue weighted by atomic mass is 16.5. The van der Waals surface area contributed by atoms with Crippen LogP contribution >= 0.6 is 0 Å². The molecule has 0 radical (unpaired) electrons. The minimum absolute atomic E-state index is 0.0384. The van der Waals surface area contributed by atoms with E-state index in [4.69, 9.17) is 4.74 Å². The van der Waals surface area contributed by atoms with Crippen LogP contribution in [0.5, 0.6) is 0 Å². The van der Waals surface area contributed by atoms with Crippen LogP contribution in [0.25, 0.3) is 0 Å². The lowest BCUT2D eigenvalue weighted by Gasteiger charge is -2.16. The van der Waals surface area contributed by atoms with Crippen LogP contribution in [0.4, 0.5) is 5.69 Å². The molecular weight excluding hydrogens is 310 g/mol. The summed E-state index contributed by atoms with van der Waals surface area (Å²) in [6.45, 7) is 4.74. The first kappa shape index (κ1) is 19.6. The molecule has 1 aromatic rings. The zero-order valence-corrected chi connectivity index (χ0v) is 14.4. The third kappa shape index (κ3) is 6.78. The van der Waals surface area contributed by atoms with Crippen molar-refractivity contribution in [3.63, 3.8) is 0 Å². The molecule has 0 atom stereocenters. The summed E-state index contributed by atoms with van der Waals surface area (Å²) in [4.78, 5) is 37.2. The molecule has 132 valence electrons. The summed E-state index contributed by atoms with van der Waals surface area (Å²) in [5.74, 6) is -0.919. The summed E-state index contributed by atoms with van der Waals surface area (Å²) in [6, 6.07) is 6.65. The Bertz CT molecular complexity index is 575. The normalized spacial score (nSPS) is 10.3. The fourth-order valence-electron chi connectivity index (χ4n) is 2.04. The molecule has 24 heavy (non-hydrogen) atoms. The molecule has 0 aromatic heterocycles.